The fourth-order valence-corrected chi connectivity index (χ4v) is 2.70. The van der Waals surface area contributed by atoms with Crippen LogP contribution in [0.3, 0.4) is 0 Å². The van der Waals surface area contributed by atoms with Gasteiger partial charge in [-0.25, -0.2) is 4.98 Å². The number of methoxy groups -OCH3 is 1. The Morgan fingerprint density at radius 2 is 1.85 bits per heavy atom. The lowest BCUT2D eigenvalue weighted by atomic mass is 10.1. The number of hydrogen-bond donors (Lipinski definition) is 2. The van der Waals surface area contributed by atoms with Crippen molar-refractivity contribution in [2.75, 3.05) is 13.7 Å². The Kier molecular flexibility index (Phi) is 6.41. The van der Waals surface area contributed by atoms with Crippen LogP contribution in [-0.2, 0) is 17.6 Å². The van der Waals surface area contributed by atoms with Gasteiger partial charge in [0, 0.05) is 30.9 Å². The molecule has 0 saturated heterocycles. The zero-order chi connectivity index (χ0) is 18.9. The number of ether oxygens (including phenoxy) is 1. The van der Waals surface area contributed by atoms with Crippen molar-refractivity contribution in [3.05, 3.63) is 89.5 Å². The van der Waals surface area contributed by atoms with E-state index in [1.807, 2.05) is 48.7 Å². The van der Waals surface area contributed by atoms with Crippen molar-refractivity contribution in [3.63, 3.8) is 0 Å². The van der Waals surface area contributed by atoms with Crippen molar-refractivity contribution in [2.24, 2.45) is 0 Å². The van der Waals surface area contributed by atoms with Crippen LogP contribution in [0.4, 0.5) is 0 Å². The molecule has 0 aliphatic rings. The predicted octanol–water partition coefficient (Wildman–Crippen LogP) is 3.38. The van der Waals surface area contributed by atoms with Crippen molar-refractivity contribution in [3.8, 4) is 5.75 Å². The molecule has 0 unspecified atom stereocenters. The largest absolute Gasteiger partial charge is 0.497 e. The van der Waals surface area contributed by atoms with Gasteiger partial charge in [0.2, 0.25) is 5.91 Å². The predicted molar refractivity (Wildman–Crippen MR) is 107 cm³/mol. The second-order valence-corrected chi connectivity index (χ2v) is 6.22. The Morgan fingerprint density at radius 1 is 1.11 bits per heavy atom. The van der Waals surface area contributed by atoms with Crippen LogP contribution >= 0.6 is 0 Å². The second kappa shape index (κ2) is 9.38. The molecule has 0 fully saturated rings. The number of nitrogens with zero attached hydrogens (tertiary/aromatic N) is 1. The molecular weight excluding hydrogens is 338 g/mol. The number of carbonyl (C=O) groups is 1. The minimum atomic E-state index is -0.0925. The molecule has 27 heavy (non-hydrogen) atoms. The summed E-state index contributed by atoms with van der Waals surface area (Å²) in [6.45, 7) is 0.596. The van der Waals surface area contributed by atoms with Crippen LogP contribution in [0.25, 0.3) is 6.08 Å². The van der Waals surface area contributed by atoms with Gasteiger partial charge in [-0.05, 0) is 41.3 Å². The highest BCUT2D eigenvalue weighted by Gasteiger charge is 1.99. The molecule has 0 aliphatic carbocycles. The smallest absolute Gasteiger partial charge is 0.244 e. The Hall–Kier alpha value is -3.34. The third kappa shape index (κ3) is 5.85. The summed E-state index contributed by atoms with van der Waals surface area (Å²) in [5, 5.41) is 2.90. The van der Waals surface area contributed by atoms with Gasteiger partial charge in [-0.2, -0.15) is 0 Å². The summed E-state index contributed by atoms with van der Waals surface area (Å²) in [5.74, 6) is 0.742. The zero-order valence-electron chi connectivity index (χ0n) is 15.3. The average Bonchev–Trinajstić information content (AvgIpc) is 3.21. The lowest BCUT2D eigenvalue weighted by Gasteiger charge is -2.04. The number of carbonyl (C=O) groups excluding carboxylic acids is 1. The van der Waals surface area contributed by atoms with Crippen molar-refractivity contribution in [2.45, 2.75) is 12.8 Å². The first kappa shape index (κ1) is 18.5. The molecule has 0 aliphatic heterocycles. The van der Waals surface area contributed by atoms with Crippen LogP contribution < -0.4 is 10.1 Å². The first-order chi connectivity index (χ1) is 13.2. The second-order valence-electron chi connectivity index (χ2n) is 6.22. The van der Waals surface area contributed by atoms with E-state index in [1.165, 1.54) is 5.56 Å². The molecule has 3 aromatic rings. The third-order valence-electron chi connectivity index (χ3n) is 4.23. The zero-order valence-corrected chi connectivity index (χ0v) is 15.3. The first-order valence-electron chi connectivity index (χ1n) is 8.88. The number of nitrogens with one attached hydrogen (secondary N) is 2. The molecule has 0 saturated carbocycles. The van der Waals surface area contributed by atoms with Crippen LogP contribution in [0, 0.1) is 0 Å². The minimum Gasteiger partial charge on any atom is -0.497 e. The fourth-order valence-electron chi connectivity index (χ4n) is 2.70. The van der Waals surface area contributed by atoms with E-state index in [1.54, 1.807) is 19.5 Å². The number of aromatic amines is 1. The van der Waals surface area contributed by atoms with Crippen LogP contribution in [0.15, 0.2) is 67.1 Å². The molecule has 5 heteroatoms. The van der Waals surface area contributed by atoms with Crippen LogP contribution in [0.5, 0.6) is 5.75 Å². The lowest BCUT2D eigenvalue weighted by molar-refractivity contribution is -0.116. The number of rotatable bonds is 8. The van der Waals surface area contributed by atoms with Gasteiger partial charge in [-0.3, -0.25) is 4.79 Å². The SMILES string of the molecule is COc1ccc(CCNC(=O)/C=C/c2ccc(Cc3cnc[nH]3)cc2)cc1. The highest BCUT2D eigenvalue weighted by atomic mass is 16.5. The quantitative estimate of drug-likeness (QED) is 0.605. The van der Waals surface area contributed by atoms with E-state index in [-0.39, 0.29) is 5.91 Å². The standard InChI is InChI=1S/C22H23N3O2/c1-27-21-9-6-18(7-10-21)12-13-24-22(26)11-8-17-2-4-19(5-3-17)14-20-15-23-16-25-20/h2-11,15-16H,12-14H2,1H3,(H,23,25)(H,24,26)/b11-8+. The molecule has 138 valence electrons. The minimum absolute atomic E-state index is 0.0925. The van der Waals surface area contributed by atoms with Crippen LogP contribution in [0.2, 0.25) is 0 Å². The van der Waals surface area contributed by atoms with Gasteiger partial charge in [-0.1, -0.05) is 36.4 Å². The summed E-state index contributed by atoms with van der Waals surface area (Å²) in [6.07, 6.45) is 8.49. The normalized spacial score (nSPS) is 10.9. The van der Waals surface area contributed by atoms with Gasteiger partial charge >= 0.3 is 0 Å². The number of H-pyrrole nitrogens is 1. The van der Waals surface area contributed by atoms with E-state index in [2.05, 4.69) is 27.4 Å². The highest BCUT2D eigenvalue weighted by molar-refractivity contribution is 5.91. The van der Waals surface area contributed by atoms with Crippen molar-refractivity contribution >= 4 is 12.0 Å². The Morgan fingerprint density at radius 3 is 2.52 bits per heavy atom. The molecule has 0 spiro atoms. The monoisotopic (exact) mass is 361 g/mol. The van der Waals surface area contributed by atoms with E-state index < -0.39 is 0 Å². The number of amides is 1. The summed E-state index contributed by atoms with van der Waals surface area (Å²) in [6, 6.07) is 16.0. The maximum Gasteiger partial charge on any atom is 0.244 e. The van der Waals surface area contributed by atoms with E-state index in [9.17, 15) is 4.79 Å². The Bertz CT molecular complexity index is 867. The Labute approximate surface area is 159 Å². The van der Waals surface area contributed by atoms with E-state index in [0.29, 0.717) is 6.54 Å². The van der Waals surface area contributed by atoms with Crippen molar-refractivity contribution in [1.82, 2.24) is 15.3 Å². The van der Waals surface area contributed by atoms with Gasteiger partial charge in [0.15, 0.2) is 0 Å². The van der Waals surface area contributed by atoms with Gasteiger partial charge in [0.25, 0.3) is 0 Å². The number of aromatic nitrogens is 2. The molecule has 1 aromatic heterocycles. The molecule has 5 nitrogen and oxygen atoms in total. The molecule has 1 heterocycles. The van der Waals surface area contributed by atoms with E-state index in [0.717, 1.165) is 35.4 Å². The van der Waals surface area contributed by atoms with E-state index in [4.69, 9.17) is 4.74 Å². The van der Waals surface area contributed by atoms with Gasteiger partial charge in [0.05, 0.1) is 13.4 Å². The van der Waals surface area contributed by atoms with Gasteiger partial charge in [-0.15, -0.1) is 0 Å². The fraction of sp³-hybridized carbons (Fsp3) is 0.182. The molecule has 2 N–H and O–H groups in total. The molecule has 1 amide bonds. The lowest BCUT2D eigenvalue weighted by Crippen LogP contribution is -2.23. The summed E-state index contributed by atoms with van der Waals surface area (Å²) < 4.78 is 5.14. The van der Waals surface area contributed by atoms with Crippen LogP contribution in [0.1, 0.15) is 22.4 Å². The molecular formula is C22H23N3O2. The molecule has 3 rings (SSSR count). The number of hydrogen-bond acceptors (Lipinski definition) is 3. The Balaban J connectivity index is 1.43. The third-order valence-corrected chi connectivity index (χ3v) is 4.23. The highest BCUT2D eigenvalue weighted by Crippen LogP contribution is 2.12. The maximum atomic E-state index is 12.0. The summed E-state index contributed by atoms with van der Waals surface area (Å²) in [4.78, 5) is 19.1. The van der Waals surface area contributed by atoms with Gasteiger partial charge in [0.1, 0.15) is 5.75 Å². The summed E-state index contributed by atoms with van der Waals surface area (Å²) >= 11 is 0. The number of imidazole rings is 1. The van der Waals surface area contributed by atoms with Gasteiger partial charge < -0.3 is 15.0 Å². The molecule has 0 atom stereocenters. The number of benzene rings is 2. The molecule has 2 aromatic carbocycles. The van der Waals surface area contributed by atoms with Crippen molar-refractivity contribution in [1.29, 1.82) is 0 Å². The summed E-state index contributed by atoms with van der Waals surface area (Å²) in [5.41, 5.74) is 4.43. The average molecular weight is 361 g/mol. The first-order valence-corrected chi connectivity index (χ1v) is 8.88. The molecule has 0 radical (unpaired) electrons. The maximum absolute atomic E-state index is 12.0. The summed E-state index contributed by atoms with van der Waals surface area (Å²) in [7, 11) is 1.65. The van der Waals surface area contributed by atoms with Crippen molar-refractivity contribution < 1.29 is 9.53 Å². The van der Waals surface area contributed by atoms with E-state index >= 15 is 0 Å². The topological polar surface area (TPSA) is 67.0 Å². The molecule has 0 bridgehead atoms. The van der Waals surface area contributed by atoms with Crippen LogP contribution in [-0.4, -0.2) is 29.5 Å².